The zero-order valence-electron chi connectivity index (χ0n) is 8.09. The minimum atomic E-state index is -0.341. The van der Waals surface area contributed by atoms with Gasteiger partial charge in [-0.05, 0) is 0 Å². The van der Waals surface area contributed by atoms with Crippen molar-refractivity contribution in [3.63, 3.8) is 0 Å². The van der Waals surface area contributed by atoms with Crippen LogP contribution in [0.1, 0.15) is 5.69 Å². The fourth-order valence-corrected chi connectivity index (χ4v) is 1.90. The zero-order valence-corrected chi connectivity index (χ0v) is 8.90. The van der Waals surface area contributed by atoms with Crippen LogP contribution in [0.4, 0.5) is 5.00 Å². The van der Waals surface area contributed by atoms with Crippen molar-refractivity contribution in [2.75, 3.05) is 25.4 Å². The van der Waals surface area contributed by atoms with Crippen molar-refractivity contribution in [1.29, 1.82) is 5.26 Å². The molecule has 2 heterocycles. The minimum absolute atomic E-state index is 0.341. The van der Waals surface area contributed by atoms with Crippen LogP contribution >= 0.6 is 11.5 Å². The number of nitrogen functional groups attached to an aromatic ring is 1. The quantitative estimate of drug-likeness (QED) is 0.752. The van der Waals surface area contributed by atoms with Crippen molar-refractivity contribution in [3.8, 4) is 6.07 Å². The van der Waals surface area contributed by atoms with E-state index in [0.29, 0.717) is 24.7 Å². The second-order valence-electron chi connectivity index (χ2n) is 3.31. The van der Waals surface area contributed by atoms with Crippen LogP contribution < -0.4 is 5.73 Å². The maximum atomic E-state index is 8.74. The van der Waals surface area contributed by atoms with Gasteiger partial charge in [-0.15, -0.1) is 5.10 Å². The third-order valence-corrected chi connectivity index (χ3v) is 2.85. The summed E-state index contributed by atoms with van der Waals surface area (Å²) in [5, 5.41) is 13.3. The number of nitriles is 1. The first kappa shape index (κ1) is 10.3. The van der Waals surface area contributed by atoms with Crippen molar-refractivity contribution in [3.05, 3.63) is 5.69 Å². The van der Waals surface area contributed by atoms with Gasteiger partial charge in [0, 0.05) is 31.2 Å². The topological polar surface area (TPSA) is 88.1 Å². The summed E-state index contributed by atoms with van der Waals surface area (Å²) in [6, 6.07) is 2.10. The molecule has 1 aliphatic rings. The molecule has 1 fully saturated rings. The Bertz CT molecular complexity index is 373. The number of hydrogen-bond acceptors (Lipinski definition) is 7. The van der Waals surface area contributed by atoms with Gasteiger partial charge in [0.15, 0.2) is 6.10 Å². The van der Waals surface area contributed by atoms with Gasteiger partial charge in [-0.1, -0.05) is 4.49 Å². The maximum absolute atomic E-state index is 8.74. The first-order valence-corrected chi connectivity index (χ1v) is 5.37. The van der Waals surface area contributed by atoms with Gasteiger partial charge >= 0.3 is 0 Å². The summed E-state index contributed by atoms with van der Waals surface area (Å²) in [5.74, 6) is 0. The number of nitrogens with zero attached hydrogens (tertiary/aromatic N) is 4. The predicted octanol–water partition coefficient (Wildman–Crippen LogP) is -0.155. The second kappa shape index (κ2) is 4.53. The Morgan fingerprint density at radius 3 is 3.27 bits per heavy atom. The van der Waals surface area contributed by atoms with E-state index in [0.717, 1.165) is 12.2 Å². The minimum Gasteiger partial charge on any atom is -0.388 e. The average molecular weight is 225 g/mol. The lowest BCUT2D eigenvalue weighted by Crippen LogP contribution is -2.41. The van der Waals surface area contributed by atoms with E-state index in [9.17, 15) is 0 Å². The van der Waals surface area contributed by atoms with Gasteiger partial charge in [0.2, 0.25) is 0 Å². The molecule has 1 aliphatic heterocycles. The first-order chi connectivity index (χ1) is 7.29. The van der Waals surface area contributed by atoms with Gasteiger partial charge < -0.3 is 10.5 Å². The largest absolute Gasteiger partial charge is 0.388 e. The van der Waals surface area contributed by atoms with Crippen LogP contribution in [0, 0.1) is 11.3 Å². The predicted molar refractivity (Wildman–Crippen MR) is 55.0 cm³/mol. The molecule has 1 saturated heterocycles. The number of anilines is 1. The standard InChI is InChI=1S/C8H11N5OS/c9-3-6-4-13(1-2-14-6)5-7-8(10)15-12-11-7/h6H,1-2,4-5,10H2. The molecule has 0 aromatic carbocycles. The van der Waals surface area contributed by atoms with E-state index in [4.69, 9.17) is 15.7 Å². The molecule has 0 saturated carbocycles. The van der Waals surface area contributed by atoms with Crippen molar-refractivity contribution in [2.24, 2.45) is 0 Å². The summed E-state index contributed by atoms with van der Waals surface area (Å²) in [5.41, 5.74) is 6.49. The van der Waals surface area contributed by atoms with Gasteiger partial charge in [-0.25, -0.2) is 0 Å². The van der Waals surface area contributed by atoms with Gasteiger partial charge in [-0.3, -0.25) is 4.90 Å². The first-order valence-electron chi connectivity index (χ1n) is 4.60. The summed E-state index contributed by atoms with van der Waals surface area (Å²) < 4.78 is 9.01. The van der Waals surface area contributed by atoms with Crippen LogP contribution in [0.3, 0.4) is 0 Å². The Balaban J connectivity index is 1.95. The fraction of sp³-hybridized carbons (Fsp3) is 0.625. The Morgan fingerprint density at radius 2 is 2.60 bits per heavy atom. The summed E-state index contributed by atoms with van der Waals surface area (Å²) in [6.45, 7) is 2.63. The highest BCUT2D eigenvalue weighted by molar-refractivity contribution is 7.09. The van der Waals surface area contributed by atoms with Crippen molar-refractivity contribution < 1.29 is 4.74 Å². The van der Waals surface area contributed by atoms with E-state index in [2.05, 4.69) is 20.6 Å². The van der Waals surface area contributed by atoms with Gasteiger partial charge in [0.05, 0.1) is 12.7 Å². The molecule has 6 nitrogen and oxygen atoms in total. The summed E-state index contributed by atoms with van der Waals surface area (Å²) in [6.07, 6.45) is -0.341. The van der Waals surface area contributed by atoms with E-state index in [1.54, 1.807) is 0 Å². The lowest BCUT2D eigenvalue weighted by molar-refractivity contribution is -0.00305. The molecular weight excluding hydrogens is 214 g/mol. The molecule has 80 valence electrons. The molecule has 0 spiro atoms. The van der Waals surface area contributed by atoms with E-state index in [-0.39, 0.29) is 6.10 Å². The lowest BCUT2D eigenvalue weighted by atomic mass is 10.3. The van der Waals surface area contributed by atoms with Crippen LogP contribution in [0.2, 0.25) is 0 Å². The molecule has 1 unspecified atom stereocenters. The molecule has 0 aliphatic carbocycles. The van der Waals surface area contributed by atoms with Crippen molar-refractivity contribution >= 4 is 16.5 Å². The van der Waals surface area contributed by atoms with E-state index < -0.39 is 0 Å². The molecule has 2 rings (SSSR count). The number of hydrogen-bond donors (Lipinski definition) is 1. The third-order valence-electron chi connectivity index (χ3n) is 2.25. The SMILES string of the molecule is N#CC1CN(Cc2nnsc2N)CCO1. The molecule has 2 N–H and O–H groups in total. The Labute approximate surface area is 91.4 Å². The van der Waals surface area contributed by atoms with Crippen LogP contribution in [0.15, 0.2) is 0 Å². The normalized spacial score (nSPS) is 22.5. The highest BCUT2D eigenvalue weighted by atomic mass is 32.1. The summed E-state index contributed by atoms with van der Waals surface area (Å²) in [4.78, 5) is 2.10. The number of ether oxygens (including phenoxy) is 1. The number of rotatable bonds is 2. The van der Waals surface area contributed by atoms with Crippen LogP contribution in [0.5, 0.6) is 0 Å². The molecule has 0 amide bonds. The molecule has 15 heavy (non-hydrogen) atoms. The van der Waals surface area contributed by atoms with Crippen molar-refractivity contribution in [2.45, 2.75) is 12.6 Å². The second-order valence-corrected chi connectivity index (χ2v) is 4.09. The zero-order chi connectivity index (χ0) is 10.7. The Hall–Kier alpha value is -1.23. The van der Waals surface area contributed by atoms with E-state index in [1.165, 1.54) is 11.5 Å². The highest BCUT2D eigenvalue weighted by Gasteiger charge is 2.21. The van der Waals surface area contributed by atoms with Gasteiger partial charge in [0.25, 0.3) is 0 Å². The average Bonchev–Trinajstić information content (AvgIpc) is 2.65. The number of morpholine rings is 1. The van der Waals surface area contributed by atoms with Crippen LogP contribution in [-0.4, -0.2) is 40.3 Å². The van der Waals surface area contributed by atoms with Crippen molar-refractivity contribution in [1.82, 2.24) is 14.5 Å². The van der Waals surface area contributed by atoms with Gasteiger partial charge in [-0.2, -0.15) is 5.26 Å². The van der Waals surface area contributed by atoms with Crippen LogP contribution in [-0.2, 0) is 11.3 Å². The maximum Gasteiger partial charge on any atom is 0.156 e. The Morgan fingerprint density at radius 1 is 1.73 bits per heavy atom. The van der Waals surface area contributed by atoms with E-state index in [1.807, 2.05) is 0 Å². The molecular formula is C8H11N5OS. The molecule has 7 heteroatoms. The van der Waals surface area contributed by atoms with E-state index >= 15 is 0 Å². The molecule has 1 aromatic heterocycles. The summed E-state index contributed by atoms with van der Waals surface area (Å²) >= 11 is 1.19. The number of nitrogens with two attached hydrogens (primary N) is 1. The molecule has 0 radical (unpaired) electrons. The highest BCUT2D eigenvalue weighted by Crippen LogP contribution is 2.16. The number of aromatic nitrogens is 2. The third kappa shape index (κ3) is 2.41. The fourth-order valence-electron chi connectivity index (χ4n) is 1.46. The Kier molecular flexibility index (Phi) is 3.11. The lowest BCUT2D eigenvalue weighted by Gasteiger charge is -2.28. The molecule has 1 atom stereocenters. The van der Waals surface area contributed by atoms with Gasteiger partial charge in [0.1, 0.15) is 10.7 Å². The smallest absolute Gasteiger partial charge is 0.156 e. The molecule has 1 aromatic rings. The summed E-state index contributed by atoms with van der Waals surface area (Å²) in [7, 11) is 0. The van der Waals surface area contributed by atoms with Crippen LogP contribution in [0.25, 0.3) is 0 Å². The monoisotopic (exact) mass is 225 g/mol. The molecule has 0 bridgehead atoms.